The Labute approximate surface area is 250 Å². The minimum Gasteiger partial charge on any atom is -0.327 e. The second-order valence-corrected chi connectivity index (χ2v) is 12.1. The smallest absolute Gasteiger partial charge is 0.224 e. The quantitative estimate of drug-likeness (QED) is 0.194. The Morgan fingerprint density at radius 3 is 2.40 bits per heavy atom. The lowest BCUT2D eigenvalue weighted by Gasteiger charge is -2.32. The summed E-state index contributed by atoms with van der Waals surface area (Å²) < 4.78 is 2.53. The summed E-state index contributed by atoms with van der Waals surface area (Å²) in [7, 11) is 0. The molecule has 3 aromatic carbocycles. The number of rotatable bonds is 11. The molecule has 0 saturated heterocycles. The van der Waals surface area contributed by atoms with E-state index >= 15 is 0 Å². The summed E-state index contributed by atoms with van der Waals surface area (Å²) in [5.74, 6) is 1.85. The highest BCUT2D eigenvalue weighted by Gasteiger charge is 2.28. The summed E-state index contributed by atoms with van der Waals surface area (Å²) in [6.07, 6.45) is 11.2. The van der Waals surface area contributed by atoms with Gasteiger partial charge < -0.3 is 15.2 Å². The lowest BCUT2D eigenvalue weighted by Crippen LogP contribution is -2.39. The molecule has 5 nitrogen and oxygen atoms in total. The van der Waals surface area contributed by atoms with E-state index in [4.69, 9.17) is 4.98 Å². The number of imidazole rings is 1. The van der Waals surface area contributed by atoms with Gasteiger partial charge in [-0.05, 0) is 48.8 Å². The average Bonchev–Trinajstić information content (AvgIpc) is 3.41. The number of benzene rings is 3. The molecule has 5 heteroatoms. The Bertz CT molecular complexity index is 1470. The molecule has 4 aromatic rings. The zero-order chi connectivity index (χ0) is 28.7. The summed E-state index contributed by atoms with van der Waals surface area (Å²) in [5, 5.41) is 7.08. The highest BCUT2D eigenvalue weighted by molar-refractivity contribution is 5.93. The lowest BCUT2D eigenvalue weighted by atomic mass is 9.81. The van der Waals surface area contributed by atoms with Crippen LogP contribution in [0.5, 0.6) is 0 Å². The van der Waals surface area contributed by atoms with Gasteiger partial charge in [0.05, 0.1) is 5.69 Å². The Morgan fingerprint density at radius 1 is 0.929 bits per heavy atom. The number of amides is 1. The summed E-state index contributed by atoms with van der Waals surface area (Å²) >= 11 is 0. The number of nitrogens with one attached hydrogen (secondary N) is 2. The van der Waals surface area contributed by atoms with Gasteiger partial charge in [0.1, 0.15) is 5.82 Å². The maximum Gasteiger partial charge on any atom is 0.224 e. The van der Waals surface area contributed by atoms with Crippen molar-refractivity contribution >= 4 is 11.6 Å². The van der Waals surface area contributed by atoms with Crippen molar-refractivity contribution in [2.45, 2.75) is 90.3 Å². The maximum atomic E-state index is 11.9. The normalized spacial score (nSPS) is 16.2. The van der Waals surface area contributed by atoms with Gasteiger partial charge in [0.25, 0.3) is 0 Å². The molecule has 2 heterocycles. The van der Waals surface area contributed by atoms with Crippen molar-refractivity contribution in [2.24, 2.45) is 5.92 Å². The van der Waals surface area contributed by atoms with Crippen molar-refractivity contribution in [2.75, 3.05) is 5.32 Å². The summed E-state index contributed by atoms with van der Waals surface area (Å²) in [5.41, 5.74) is 8.36. The molecule has 1 aliphatic heterocycles. The van der Waals surface area contributed by atoms with Gasteiger partial charge in [0.2, 0.25) is 5.91 Å². The number of hydrogen-bond donors (Lipinski definition) is 2. The number of nitrogens with zero attached hydrogens (tertiary/aromatic N) is 2. The number of aromatic nitrogens is 2. The van der Waals surface area contributed by atoms with Crippen LogP contribution in [0.25, 0.3) is 22.6 Å². The molecule has 1 aromatic heterocycles. The molecule has 1 aliphatic carbocycles. The number of aryl methyl sites for hydroxylation is 1. The standard InChI is InChI=1S/C37H44N4O/c1-2-3-23-41-34(36(29-15-9-5-10-16-29)40-37(41)30-17-11-6-12-18-30)25-33(28-13-7-4-8-14-28)38-26-27-19-21-32-31(24-27)20-22-35(42)39-32/h5-6,9-12,15-19,21,24,28,33,38H,2-4,7-8,13-14,20,22-23,25-26H2,1H3,(H,39,42). The molecule has 218 valence electrons. The van der Waals surface area contributed by atoms with Gasteiger partial charge in [0.15, 0.2) is 0 Å². The predicted molar refractivity (Wildman–Crippen MR) is 172 cm³/mol. The van der Waals surface area contributed by atoms with Crippen molar-refractivity contribution in [3.05, 3.63) is 95.7 Å². The Balaban J connectivity index is 1.35. The van der Waals surface area contributed by atoms with Gasteiger partial charge in [-0.15, -0.1) is 0 Å². The summed E-state index contributed by atoms with van der Waals surface area (Å²) in [6, 6.07) is 28.4. The van der Waals surface area contributed by atoms with Gasteiger partial charge >= 0.3 is 0 Å². The Kier molecular flexibility index (Phi) is 9.15. The van der Waals surface area contributed by atoms with Crippen LogP contribution in [-0.2, 0) is 30.7 Å². The van der Waals surface area contributed by atoms with E-state index in [-0.39, 0.29) is 5.91 Å². The maximum absolute atomic E-state index is 11.9. The first-order valence-corrected chi connectivity index (χ1v) is 16.0. The van der Waals surface area contributed by atoms with E-state index in [0.717, 1.165) is 56.0 Å². The monoisotopic (exact) mass is 560 g/mol. The lowest BCUT2D eigenvalue weighted by molar-refractivity contribution is -0.116. The van der Waals surface area contributed by atoms with Crippen molar-refractivity contribution in [3.63, 3.8) is 0 Å². The van der Waals surface area contributed by atoms with Crippen LogP contribution in [0.3, 0.4) is 0 Å². The number of unbranched alkanes of at least 4 members (excludes halogenated alkanes) is 1. The highest BCUT2D eigenvalue weighted by Crippen LogP contribution is 2.34. The zero-order valence-electron chi connectivity index (χ0n) is 24.9. The molecule has 1 amide bonds. The van der Waals surface area contributed by atoms with E-state index in [9.17, 15) is 4.79 Å². The third-order valence-electron chi connectivity index (χ3n) is 9.15. The molecule has 0 spiro atoms. The molecule has 0 bridgehead atoms. The minimum atomic E-state index is 0.120. The Hall–Kier alpha value is -3.70. The third kappa shape index (κ3) is 6.52. The van der Waals surface area contributed by atoms with Crippen LogP contribution in [0, 0.1) is 5.92 Å². The van der Waals surface area contributed by atoms with Crippen LogP contribution in [0.2, 0.25) is 0 Å². The van der Waals surface area contributed by atoms with E-state index in [1.165, 1.54) is 60.1 Å². The van der Waals surface area contributed by atoms with Crippen molar-refractivity contribution in [3.8, 4) is 22.6 Å². The number of hydrogen-bond acceptors (Lipinski definition) is 3. The average molecular weight is 561 g/mol. The molecule has 6 rings (SSSR count). The van der Waals surface area contributed by atoms with Crippen LogP contribution in [0.4, 0.5) is 5.69 Å². The fourth-order valence-electron chi connectivity index (χ4n) is 6.83. The fourth-order valence-corrected chi connectivity index (χ4v) is 6.83. The molecular weight excluding hydrogens is 516 g/mol. The predicted octanol–water partition coefficient (Wildman–Crippen LogP) is 8.18. The first-order chi connectivity index (χ1) is 20.7. The molecule has 0 radical (unpaired) electrons. The van der Waals surface area contributed by atoms with Gasteiger partial charge in [-0.25, -0.2) is 4.98 Å². The van der Waals surface area contributed by atoms with Crippen LogP contribution < -0.4 is 10.6 Å². The van der Waals surface area contributed by atoms with Crippen molar-refractivity contribution in [1.82, 2.24) is 14.9 Å². The number of anilines is 1. The van der Waals surface area contributed by atoms with E-state index in [1.54, 1.807) is 0 Å². The first-order valence-electron chi connectivity index (χ1n) is 16.0. The van der Waals surface area contributed by atoms with E-state index < -0.39 is 0 Å². The molecule has 42 heavy (non-hydrogen) atoms. The minimum absolute atomic E-state index is 0.120. The van der Waals surface area contributed by atoms with E-state index in [0.29, 0.717) is 18.4 Å². The van der Waals surface area contributed by atoms with Crippen LogP contribution in [0.1, 0.15) is 75.1 Å². The third-order valence-corrected chi connectivity index (χ3v) is 9.15. The van der Waals surface area contributed by atoms with Gasteiger partial charge in [0, 0.05) is 54.5 Å². The second-order valence-electron chi connectivity index (χ2n) is 12.1. The Morgan fingerprint density at radius 2 is 1.67 bits per heavy atom. The van der Waals surface area contributed by atoms with Crippen LogP contribution in [0.15, 0.2) is 78.9 Å². The molecule has 1 unspecified atom stereocenters. The number of carbonyl (C=O) groups excluding carboxylic acids is 1. The molecule has 1 saturated carbocycles. The number of fused-ring (bicyclic) bond motifs is 1. The molecule has 2 aliphatic rings. The molecule has 1 atom stereocenters. The van der Waals surface area contributed by atoms with E-state index in [1.807, 2.05) is 0 Å². The zero-order valence-corrected chi connectivity index (χ0v) is 24.9. The van der Waals surface area contributed by atoms with Gasteiger partial charge in [-0.2, -0.15) is 0 Å². The first kappa shape index (κ1) is 28.4. The second kappa shape index (κ2) is 13.5. The number of carbonyl (C=O) groups is 1. The van der Waals surface area contributed by atoms with Crippen LogP contribution >= 0.6 is 0 Å². The van der Waals surface area contributed by atoms with Crippen LogP contribution in [-0.4, -0.2) is 21.5 Å². The topological polar surface area (TPSA) is 59.0 Å². The summed E-state index contributed by atoms with van der Waals surface area (Å²) in [4.78, 5) is 17.2. The highest BCUT2D eigenvalue weighted by atomic mass is 16.1. The molecule has 1 fully saturated rings. The van der Waals surface area contributed by atoms with E-state index in [2.05, 4.69) is 101 Å². The van der Waals surface area contributed by atoms with Gasteiger partial charge in [-0.3, -0.25) is 4.79 Å². The fraction of sp³-hybridized carbons (Fsp3) is 0.405. The largest absolute Gasteiger partial charge is 0.327 e. The van der Waals surface area contributed by atoms with Gasteiger partial charge in [-0.1, -0.05) is 105 Å². The SMILES string of the molecule is CCCCn1c(-c2ccccc2)nc(-c2ccccc2)c1CC(NCc1ccc2c(c1)CCC(=O)N2)C1CCCCC1. The molecule has 2 N–H and O–H groups in total. The van der Waals surface area contributed by atoms with Crippen molar-refractivity contribution < 1.29 is 4.79 Å². The van der Waals surface area contributed by atoms with Crippen molar-refractivity contribution in [1.29, 1.82) is 0 Å². The summed E-state index contributed by atoms with van der Waals surface area (Å²) in [6.45, 7) is 4.08. The molecular formula is C37H44N4O.